The summed E-state index contributed by atoms with van der Waals surface area (Å²) < 4.78 is 12.9. The van der Waals surface area contributed by atoms with Gasteiger partial charge in [-0.1, -0.05) is 12.1 Å². The standard InChI is InChI=1S/C12H12FN3/c1-7-5-11(13)16-6-9(7)8-3-2-4-10(14)12(8)15/h2-6H,14-15H2,1H3. The molecule has 0 saturated carbocycles. The summed E-state index contributed by atoms with van der Waals surface area (Å²) in [5.74, 6) is -0.497. The number of nitrogen functional groups attached to an aromatic ring is 2. The molecule has 1 aromatic carbocycles. The first-order valence-electron chi connectivity index (χ1n) is 4.86. The molecule has 4 N–H and O–H groups in total. The highest BCUT2D eigenvalue weighted by Gasteiger charge is 2.08. The average molecular weight is 217 g/mol. The van der Waals surface area contributed by atoms with E-state index in [9.17, 15) is 4.39 Å². The number of benzene rings is 1. The van der Waals surface area contributed by atoms with E-state index in [1.807, 2.05) is 19.1 Å². The molecule has 0 fully saturated rings. The number of aromatic nitrogens is 1. The fraction of sp³-hybridized carbons (Fsp3) is 0.0833. The Morgan fingerprint density at radius 3 is 2.62 bits per heavy atom. The highest BCUT2D eigenvalue weighted by molar-refractivity contribution is 5.85. The zero-order chi connectivity index (χ0) is 11.7. The van der Waals surface area contributed by atoms with E-state index in [1.165, 1.54) is 12.3 Å². The molecule has 3 nitrogen and oxygen atoms in total. The number of rotatable bonds is 1. The van der Waals surface area contributed by atoms with Gasteiger partial charge < -0.3 is 11.5 Å². The van der Waals surface area contributed by atoms with Crippen molar-refractivity contribution in [3.63, 3.8) is 0 Å². The fourth-order valence-electron chi connectivity index (χ4n) is 1.62. The molecule has 4 heteroatoms. The highest BCUT2D eigenvalue weighted by Crippen LogP contribution is 2.31. The first-order chi connectivity index (χ1) is 7.59. The lowest BCUT2D eigenvalue weighted by atomic mass is 10.0. The Balaban J connectivity index is 2.63. The van der Waals surface area contributed by atoms with Crippen LogP contribution in [-0.2, 0) is 0 Å². The summed E-state index contributed by atoms with van der Waals surface area (Å²) in [6, 6.07) is 6.75. The third kappa shape index (κ3) is 1.69. The summed E-state index contributed by atoms with van der Waals surface area (Å²) in [5, 5.41) is 0. The van der Waals surface area contributed by atoms with Crippen molar-refractivity contribution >= 4 is 11.4 Å². The van der Waals surface area contributed by atoms with Gasteiger partial charge in [0, 0.05) is 17.3 Å². The SMILES string of the molecule is Cc1cc(F)ncc1-c1cccc(N)c1N. The van der Waals surface area contributed by atoms with Crippen LogP contribution in [-0.4, -0.2) is 4.98 Å². The lowest BCUT2D eigenvalue weighted by molar-refractivity contribution is 0.583. The smallest absolute Gasteiger partial charge is 0.213 e. The van der Waals surface area contributed by atoms with Gasteiger partial charge in [0.25, 0.3) is 0 Å². The van der Waals surface area contributed by atoms with Gasteiger partial charge in [-0.05, 0) is 24.6 Å². The van der Waals surface area contributed by atoms with Gasteiger partial charge in [-0.25, -0.2) is 4.98 Å². The van der Waals surface area contributed by atoms with Crippen LogP contribution in [0.4, 0.5) is 15.8 Å². The number of hydrogen-bond donors (Lipinski definition) is 2. The van der Waals surface area contributed by atoms with E-state index in [0.717, 1.165) is 16.7 Å². The topological polar surface area (TPSA) is 64.9 Å². The summed E-state index contributed by atoms with van der Waals surface area (Å²) in [6.07, 6.45) is 1.47. The molecule has 1 heterocycles. The molecule has 2 rings (SSSR count). The first kappa shape index (κ1) is 10.4. The van der Waals surface area contributed by atoms with Gasteiger partial charge in [-0.2, -0.15) is 4.39 Å². The number of halogens is 1. The van der Waals surface area contributed by atoms with Crippen LogP contribution in [0.2, 0.25) is 0 Å². The van der Waals surface area contributed by atoms with Crippen LogP contribution >= 0.6 is 0 Å². The Morgan fingerprint density at radius 2 is 1.94 bits per heavy atom. The minimum absolute atomic E-state index is 0.497. The van der Waals surface area contributed by atoms with Crippen LogP contribution in [0.15, 0.2) is 30.5 Å². The largest absolute Gasteiger partial charge is 0.397 e. The van der Waals surface area contributed by atoms with E-state index >= 15 is 0 Å². The third-order valence-corrected chi connectivity index (χ3v) is 2.51. The van der Waals surface area contributed by atoms with Crippen molar-refractivity contribution < 1.29 is 4.39 Å². The molecule has 0 aliphatic rings. The molecule has 16 heavy (non-hydrogen) atoms. The maximum Gasteiger partial charge on any atom is 0.213 e. The second-order valence-electron chi connectivity index (χ2n) is 3.63. The Bertz CT molecular complexity index is 538. The van der Waals surface area contributed by atoms with Gasteiger partial charge >= 0.3 is 0 Å². The highest BCUT2D eigenvalue weighted by atomic mass is 19.1. The zero-order valence-electron chi connectivity index (χ0n) is 8.87. The number of pyridine rings is 1. The van der Waals surface area contributed by atoms with Crippen molar-refractivity contribution in [2.24, 2.45) is 0 Å². The molecule has 0 aliphatic carbocycles. The predicted molar refractivity (Wildman–Crippen MR) is 63.2 cm³/mol. The van der Waals surface area contributed by atoms with Crippen LogP contribution in [0.5, 0.6) is 0 Å². The van der Waals surface area contributed by atoms with E-state index in [4.69, 9.17) is 11.5 Å². The quantitative estimate of drug-likeness (QED) is 0.569. The molecule has 0 unspecified atom stereocenters. The van der Waals surface area contributed by atoms with Gasteiger partial charge in [-0.3, -0.25) is 0 Å². The molecule has 0 radical (unpaired) electrons. The summed E-state index contributed by atoms with van der Waals surface area (Å²) >= 11 is 0. The Morgan fingerprint density at radius 1 is 1.19 bits per heavy atom. The molecule has 0 amide bonds. The normalized spacial score (nSPS) is 10.4. The van der Waals surface area contributed by atoms with Crippen molar-refractivity contribution in [3.8, 4) is 11.1 Å². The fourth-order valence-corrected chi connectivity index (χ4v) is 1.62. The third-order valence-electron chi connectivity index (χ3n) is 2.51. The van der Waals surface area contributed by atoms with Gasteiger partial charge in [0.15, 0.2) is 0 Å². The van der Waals surface area contributed by atoms with Crippen molar-refractivity contribution in [2.45, 2.75) is 6.92 Å². The Kier molecular flexibility index (Phi) is 2.48. The van der Waals surface area contributed by atoms with Gasteiger partial charge in [0.2, 0.25) is 5.95 Å². The summed E-state index contributed by atoms with van der Waals surface area (Å²) in [7, 11) is 0. The van der Waals surface area contributed by atoms with Gasteiger partial charge in [-0.15, -0.1) is 0 Å². The lowest BCUT2D eigenvalue weighted by Gasteiger charge is -2.10. The molecular weight excluding hydrogens is 205 g/mol. The molecule has 0 aliphatic heterocycles. The second kappa shape index (κ2) is 3.81. The summed E-state index contributed by atoms with van der Waals surface area (Å²) in [4.78, 5) is 3.62. The number of para-hydroxylation sites is 1. The first-order valence-corrected chi connectivity index (χ1v) is 4.86. The minimum Gasteiger partial charge on any atom is -0.397 e. The van der Waals surface area contributed by atoms with Crippen LogP contribution in [0, 0.1) is 12.9 Å². The average Bonchev–Trinajstić information content (AvgIpc) is 2.23. The number of nitrogens with zero attached hydrogens (tertiary/aromatic N) is 1. The molecule has 0 bridgehead atoms. The van der Waals surface area contributed by atoms with E-state index in [2.05, 4.69) is 4.98 Å². The Hall–Kier alpha value is -2.10. The molecule has 0 atom stereocenters. The van der Waals surface area contributed by atoms with Crippen molar-refractivity contribution in [1.82, 2.24) is 4.98 Å². The zero-order valence-corrected chi connectivity index (χ0v) is 8.87. The van der Waals surface area contributed by atoms with Crippen LogP contribution in [0.1, 0.15) is 5.56 Å². The van der Waals surface area contributed by atoms with E-state index in [1.54, 1.807) is 6.07 Å². The molecular formula is C12H12FN3. The van der Waals surface area contributed by atoms with Crippen molar-refractivity contribution in [1.29, 1.82) is 0 Å². The summed E-state index contributed by atoms with van der Waals surface area (Å²) in [5.41, 5.74) is 15.0. The van der Waals surface area contributed by atoms with Gasteiger partial charge in [0.05, 0.1) is 11.4 Å². The number of hydrogen-bond acceptors (Lipinski definition) is 3. The van der Waals surface area contributed by atoms with Crippen molar-refractivity contribution in [2.75, 3.05) is 11.5 Å². The molecule has 1 aromatic heterocycles. The molecule has 82 valence electrons. The predicted octanol–water partition coefficient (Wildman–Crippen LogP) is 2.36. The number of anilines is 2. The van der Waals surface area contributed by atoms with Crippen LogP contribution in [0.25, 0.3) is 11.1 Å². The minimum atomic E-state index is -0.497. The van der Waals surface area contributed by atoms with Crippen LogP contribution in [0.3, 0.4) is 0 Å². The molecule has 0 spiro atoms. The number of nitrogens with two attached hydrogens (primary N) is 2. The maximum atomic E-state index is 12.9. The van der Waals surface area contributed by atoms with Crippen LogP contribution < -0.4 is 11.5 Å². The van der Waals surface area contributed by atoms with E-state index in [0.29, 0.717) is 11.4 Å². The number of aryl methyl sites for hydroxylation is 1. The maximum absolute atomic E-state index is 12.9. The lowest BCUT2D eigenvalue weighted by Crippen LogP contribution is -1.98. The molecule has 2 aromatic rings. The van der Waals surface area contributed by atoms with E-state index in [-0.39, 0.29) is 0 Å². The second-order valence-corrected chi connectivity index (χ2v) is 3.63. The monoisotopic (exact) mass is 217 g/mol. The summed E-state index contributed by atoms with van der Waals surface area (Å²) in [6.45, 7) is 1.81. The van der Waals surface area contributed by atoms with Crippen molar-refractivity contribution in [3.05, 3.63) is 42.0 Å². The Labute approximate surface area is 92.9 Å². The molecule has 0 saturated heterocycles. The van der Waals surface area contributed by atoms with Gasteiger partial charge in [0.1, 0.15) is 0 Å². The van der Waals surface area contributed by atoms with E-state index < -0.39 is 5.95 Å².